The van der Waals surface area contributed by atoms with Gasteiger partial charge in [0.05, 0.1) is 29.7 Å². The normalized spacial score (nSPS) is 13.1. The van der Waals surface area contributed by atoms with E-state index < -0.39 is 0 Å². The van der Waals surface area contributed by atoms with Crippen molar-refractivity contribution in [3.8, 4) is 5.75 Å². The number of nitrogens with one attached hydrogen (secondary N) is 1. The molecule has 35 heavy (non-hydrogen) atoms. The van der Waals surface area contributed by atoms with E-state index in [1.165, 1.54) is 6.92 Å². The lowest BCUT2D eigenvalue weighted by molar-refractivity contribution is -0.114. The molecule has 8 heteroatoms. The molecule has 178 valence electrons. The quantitative estimate of drug-likeness (QED) is 0.477. The molecule has 1 aliphatic rings. The molecule has 0 bridgehead atoms. The predicted molar refractivity (Wildman–Crippen MR) is 133 cm³/mol. The van der Waals surface area contributed by atoms with E-state index >= 15 is 0 Å². The third-order valence-electron chi connectivity index (χ3n) is 6.09. The Morgan fingerprint density at radius 1 is 1.14 bits per heavy atom. The van der Waals surface area contributed by atoms with Crippen LogP contribution in [-0.2, 0) is 24.3 Å². The minimum absolute atomic E-state index is 0.127. The monoisotopic (exact) mass is 469 g/mol. The summed E-state index contributed by atoms with van der Waals surface area (Å²) in [4.78, 5) is 36.7. The Kier molecular flexibility index (Phi) is 6.18. The molecule has 0 saturated carbocycles. The highest BCUT2D eigenvalue weighted by molar-refractivity contribution is 6.07. The Balaban J connectivity index is 1.63. The average molecular weight is 470 g/mol. The molecule has 2 amide bonds. The zero-order chi connectivity index (χ0) is 24.4. The third kappa shape index (κ3) is 4.59. The van der Waals surface area contributed by atoms with Crippen LogP contribution in [0.25, 0.3) is 11.0 Å². The molecule has 2 aromatic heterocycles. The highest BCUT2D eigenvalue weighted by atomic mass is 16.5. The van der Waals surface area contributed by atoms with Crippen LogP contribution in [0.1, 0.15) is 41.2 Å². The lowest BCUT2D eigenvalue weighted by Gasteiger charge is -2.21. The predicted octanol–water partition coefficient (Wildman–Crippen LogP) is 4.04. The van der Waals surface area contributed by atoms with Crippen molar-refractivity contribution in [2.24, 2.45) is 0 Å². The maximum absolute atomic E-state index is 14.0. The van der Waals surface area contributed by atoms with Gasteiger partial charge in [0.2, 0.25) is 5.91 Å². The standard InChI is InChI=1S/C27H27N5O3/c1-3-25-30-23-14-21(29-18(2)33)13-22(26(23)32(25)16-19-7-6-10-28-15-19)27(34)31-11-12-35-24-9-5-4-8-20(24)17-31/h4-10,13-15H,3,11-12,16-17H2,1-2H3,(H,29,33). The van der Waals surface area contributed by atoms with Crippen molar-refractivity contribution < 1.29 is 14.3 Å². The van der Waals surface area contributed by atoms with E-state index in [4.69, 9.17) is 9.72 Å². The van der Waals surface area contributed by atoms with Gasteiger partial charge in [-0.1, -0.05) is 31.2 Å². The number of aromatic nitrogens is 3. The number of fused-ring (bicyclic) bond motifs is 2. The molecule has 0 unspecified atom stereocenters. The van der Waals surface area contributed by atoms with E-state index in [-0.39, 0.29) is 11.8 Å². The van der Waals surface area contributed by atoms with Gasteiger partial charge < -0.3 is 19.5 Å². The highest BCUT2D eigenvalue weighted by Gasteiger charge is 2.26. The van der Waals surface area contributed by atoms with Crippen LogP contribution in [-0.4, -0.2) is 44.4 Å². The molecule has 0 aliphatic carbocycles. The number of hydrogen-bond donors (Lipinski definition) is 1. The van der Waals surface area contributed by atoms with Crippen molar-refractivity contribution >= 4 is 28.5 Å². The summed E-state index contributed by atoms with van der Waals surface area (Å²) in [6.45, 7) is 5.34. The van der Waals surface area contributed by atoms with E-state index in [2.05, 4.69) is 14.9 Å². The maximum atomic E-state index is 14.0. The minimum Gasteiger partial charge on any atom is -0.491 e. The fourth-order valence-corrected chi connectivity index (χ4v) is 4.54. The molecule has 5 rings (SSSR count). The van der Waals surface area contributed by atoms with Gasteiger partial charge in [0.25, 0.3) is 5.91 Å². The third-order valence-corrected chi connectivity index (χ3v) is 6.09. The number of ether oxygens (including phenoxy) is 1. The van der Waals surface area contributed by atoms with Crippen molar-refractivity contribution in [2.45, 2.75) is 33.4 Å². The summed E-state index contributed by atoms with van der Waals surface area (Å²) >= 11 is 0. The SMILES string of the molecule is CCc1nc2cc(NC(C)=O)cc(C(=O)N3CCOc4ccccc4C3)c2n1Cc1cccnc1. The van der Waals surface area contributed by atoms with Crippen molar-refractivity contribution in [2.75, 3.05) is 18.5 Å². The van der Waals surface area contributed by atoms with Crippen LogP contribution in [0.4, 0.5) is 5.69 Å². The molecule has 2 aromatic carbocycles. The lowest BCUT2D eigenvalue weighted by atomic mass is 10.1. The minimum atomic E-state index is -0.203. The zero-order valence-electron chi connectivity index (χ0n) is 19.8. The molecule has 1 N–H and O–H groups in total. The number of rotatable bonds is 5. The maximum Gasteiger partial charge on any atom is 0.256 e. The van der Waals surface area contributed by atoms with Crippen LogP contribution in [0, 0.1) is 0 Å². The summed E-state index contributed by atoms with van der Waals surface area (Å²) in [5.74, 6) is 1.33. The van der Waals surface area contributed by atoms with Gasteiger partial charge in [-0.2, -0.15) is 0 Å². The number of para-hydroxylation sites is 1. The molecule has 4 aromatic rings. The molecule has 0 spiro atoms. The second kappa shape index (κ2) is 9.58. The number of benzene rings is 2. The largest absolute Gasteiger partial charge is 0.491 e. The summed E-state index contributed by atoms with van der Waals surface area (Å²) < 4.78 is 7.96. The van der Waals surface area contributed by atoms with Gasteiger partial charge in [0, 0.05) is 43.5 Å². The molecule has 3 heterocycles. The van der Waals surface area contributed by atoms with Crippen molar-refractivity contribution in [1.82, 2.24) is 19.4 Å². The lowest BCUT2D eigenvalue weighted by Crippen LogP contribution is -2.33. The molecule has 0 atom stereocenters. The van der Waals surface area contributed by atoms with Gasteiger partial charge in [0.15, 0.2) is 0 Å². The van der Waals surface area contributed by atoms with Crippen molar-refractivity contribution in [3.63, 3.8) is 0 Å². The van der Waals surface area contributed by atoms with Crippen LogP contribution in [0.15, 0.2) is 60.9 Å². The second-order valence-corrected chi connectivity index (χ2v) is 8.58. The molecular weight excluding hydrogens is 442 g/mol. The average Bonchev–Trinajstić information content (AvgIpc) is 3.05. The van der Waals surface area contributed by atoms with Crippen LogP contribution in [0.5, 0.6) is 5.75 Å². The van der Waals surface area contributed by atoms with Crippen LogP contribution < -0.4 is 10.1 Å². The number of amides is 2. The van der Waals surface area contributed by atoms with Gasteiger partial charge in [0.1, 0.15) is 18.2 Å². The first-order valence-corrected chi connectivity index (χ1v) is 11.7. The van der Waals surface area contributed by atoms with Gasteiger partial charge in [-0.25, -0.2) is 4.98 Å². The van der Waals surface area contributed by atoms with E-state index in [0.29, 0.717) is 49.4 Å². The highest BCUT2D eigenvalue weighted by Crippen LogP contribution is 2.30. The van der Waals surface area contributed by atoms with Gasteiger partial charge in [-0.3, -0.25) is 14.6 Å². The van der Waals surface area contributed by atoms with Crippen LogP contribution >= 0.6 is 0 Å². The molecule has 8 nitrogen and oxygen atoms in total. The summed E-state index contributed by atoms with van der Waals surface area (Å²) in [5, 5.41) is 2.83. The summed E-state index contributed by atoms with van der Waals surface area (Å²) in [6, 6.07) is 15.3. The summed E-state index contributed by atoms with van der Waals surface area (Å²) in [5.41, 5.74) is 4.46. The molecule has 0 radical (unpaired) electrons. The Morgan fingerprint density at radius 2 is 2.00 bits per heavy atom. The Labute approximate surface area is 203 Å². The molecule has 0 fully saturated rings. The molecule has 0 saturated heterocycles. The first-order valence-electron chi connectivity index (χ1n) is 11.7. The number of carbonyl (C=O) groups excluding carboxylic acids is 2. The fourth-order valence-electron chi connectivity index (χ4n) is 4.54. The Bertz CT molecular complexity index is 1400. The first-order chi connectivity index (χ1) is 17.0. The van der Waals surface area contributed by atoms with E-state index in [1.54, 1.807) is 17.2 Å². The van der Waals surface area contributed by atoms with Gasteiger partial charge in [-0.15, -0.1) is 0 Å². The van der Waals surface area contributed by atoms with E-state index in [1.807, 2.05) is 55.6 Å². The summed E-state index contributed by atoms with van der Waals surface area (Å²) in [7, 11) is 0. The second-order valence-electron chi connectivity index (χ2n) is 8.58. The number of nitrogens with zero attached hydrogens (tertiary/aromatic N) is 4. The topological polar surface area (TPSA) is 89.4 Å². The number of hydrogen-bond acceptors (Lipinski definition) is 5. The summed E-state index contributed by atoms with van der Waals surface area (Å²) in [6.07, 6.45) is 4.26. The smallest absolute Gasteiger partial charge is 0.256 e. The molecular formula is C27H27N5O3. The first kappa shape index (κ1) is 22.6. The van der Waals surface area contributed by atoms with E-state index in [9.17, 15) is 9.59 Å². The van der Waals surface area contributed by atoms with Gasteiger partial charge >= 0.3 is 0 Å². The zero-order valence-corrected chi connectivity index (χ0v) is 19.8. The number of aryl methyl sites for hydroxylation is 1. The van der Waals surface area contributed by atoms with Gasteiger partial charge in [-0.05, 0) is 29.8 Å². The van der Waals surface area contributed by atoms with Crippen molar-refractivity contribution in [3.05, 3.63) is 83.4 Å². The Morgan fingerprint density at radius 3 is 2.77 bits per heavy atom. The number of carbonyl (C=O) groups is 2. The molecule has 1 aliphatic heterocycles. The number of anilines is 1. The Hall–Kier alpha value is -4.20. The number of pyridine rings is 1. The number of imidazole rings is 1. The van der Waals surface area contributed by atoms with E-state index in [0.717, 1.165) is 28.2 Å². The fraction of sp³-hybridized carbons (Fsp3) is 0.259. The van der Waals surface area contributed by atoms with Crippen LogP contribution in [0.2, 0.25) is 0 Å². The van der Waals surface area contributed by atoms with Crippen molar-refractivity contribution in [1.29, 1.82) is 0 Å². The van der Waals surface area contributed by atoms with Crippen LogP contribution in [0.3, 0.4) is 0 Å².